The predicted molar refractivity (Wildman–Crippen MR) is 117 cm³/mol. The van der Waals surface area contributed by atoms with Gasteiger partial charge in [-0.1, -0.05) is 36.4 Å². The van der Waals surface area contributed by atoms with Crippen molar-refractivity contribution in [3.05, 3.63) is 88.7 Å². The predicted octanol–water partition coefficient (Wildman–Crippen LogP) is 4.76. The normalized spacial score (nSPS) is 17.9. The van der Waals surface area contributed by atoms with Crippen LogP contribution >= 0.6 is 0 Å². The number of ether oxygens (including phenoxy) is 4. The molecule has 3 aromatic carbocycles. The molecule has 1 atom stereocenters. The second kappa shape index (κ2) is 7.89. The van der Waals surface area contributed by atoms with E-state index in [0.717, 1.165) is 11.1 Å². The van der Waals surface area contributed by atoms with Crippen molar-refractivity contribution < 1.29 is 28.5 Å². The first-order chi connectivity index (χ1) is 15.6. The lowest BCUT2D eigenvalue weighted by atomic mass is 9.84. The molecule has 6 heteroatoms. The molecule has 0 saturated heterocycles. The molecule has 0 amide bonds. The highest BCUT2D eigenvalue weighted by atomic mass is 16.5. The Morgan fingerprint density at radius 2 is 1.69 bits per heavy atom. The fourth-order valence-electron chi connectivity index (χ4n) is 4.16. The van der Waals surface area contributed by atoms with Crippen molar-refractivity contribution in [1.29, 1.82) is 0 Å². The molecular weight excluding hydrogens is 408 g/mol. The van der Waals surface area contributed by atoms with Gasteiger partial charge in [0.25, 0.3) is 0 Å². The van der Waals surface area contributed by atoms with Crippen LogP contribution in [0.15, 0.2) is 66.4 Å². The lowest BCUT2D eigenvalue weighted by Crippen LogP contribution is -2.21. The summed E-state index contributed by atoms with van der Waals surface area (Å²) in [6, 6.07) is 18.3. The molecule has 0 fully saturated rings. The first kappa shape index (κ1) is 19.9. The number of ketones is 1. The largest absolute Gasteiger partial charge is 0.493 e. The van der Waals surface area contributed by atoms with Crippen LogP contribution in [-0.4, -0.2) is 26.0 Å². The summed E-state index contributed by atoms with van der Waals surface area (Å²) < 4.78 is 22.3. The summed E-state index contributed by atoms with van der Waals surface area (Å²) in [5, 5.41) is 0. The number of benzene rings is 3. The molecule has 0 N–H and O–H groups in total. The van der Waals surface area contributed by atoms with E-state index < -0.39 is 0 Å². The van der Waals surface area contributed by atoms with Crippen LogP contribution in [0.25, 0.3) is 6.08 Å². The number of carbonyl (C=O) groups is 2. The Kier molecular flexibility index (Phi) is 4.90. The van der Waals surface area contributed by atoms with Gasteiger partial charge < -0.3 is 18.9 Å². The average molecular weight is 428 g/mol. The number of methoxy groups -OCH3 is 2. The fraction of sp³-hybridized carbons (Fsp3) is 0.154. The van der Waals surface area contributed by atoms with E-state index in [1.807, 2.05) is 42.5 Å². The van der Waals surface area contributed by atoms with Crippen molar-refractivity contribution in [3.63, 3.8) is 0 Å². The Morgan fingerprint density at radius 1 is 0.906 bits per heavy atom. The number of hydrogen-bond acceptors (Lipinski definition) is 6. The highest BCUT2D eigenvalue weighted by Gasteiger charge is 2.38. The monoisotopic (exact) mass is 428 g/mol. The minimum absolute atomic E-state index is 0.119. The summed E-state index contributed by atoms with van der Waals surface area (Å²) in [6.07, 6.45) is 1.84. The summed E-state index contributed by atoms with van der Waals surface area (Å²) >= 11 is 0. The van der Waals surface area contributed by atoms with Gasteiger partial charge in [0.15, 0.2) is 17.3 Å². The fourth-order valence-corrected chi connectivity index (χ4v) is 4.16. The molecule has 0 spiro atoms. The van der Waals surface area contributed by atoms with Gasteiger partial charge >= 0.3 is 5.97 Å². The first-order valence-electron chi connectivity index (χ1n) is 10.2. The van der Waals surface area contributed by atoms with Gasteiger partial charge in [-0.25, -0.2) is 0 Å². The standard InChI is InChI=1S/C26H20O6/c1-29-19-10-8-16(13-21(19)30-2)18-14-23(27)31-20-11-9-17-25(28)22(32-26(17)24(18)20)12-15-6-4-3-5-7-15/h3-13,18H,14H2,1-2H3/b22-12-/t18-/m0/s1. The third-order valence-electron chi connectivity index (χ3n) is 5.69. The molecule has 0 saturated carbocycles. The van der Waals surface area contributed by atoms with Gasteiger partial charge in [-0.05, 0) is 41.5 Å². The molecule has 5 rings (SSSR count). The van der Waals surface area contributed by atoms with E-state index in [2.05, 4.69) is 0 Å². The van der Waals surface area contributed by atoms with Gasteiger partial charge in [-0.15, -0.1) is 0 Å². The van der Waals surface area contributed by atoms with E-state index in [1.54, 1.807) is 38.5 Å². The van der Waals surface area contributed by atoms with Crippen molar-refractivity contribution in [2.24, 2.45) is 0 Å². The van der Waals surface area contributed by atoms with Crippen LogP contribution in [0.4, 0.5) is 0 Å². The summed E-state index contributed by atoms with van der Waals surface area (Å²) in [7, 11) is 3.13. The molecule has 160 valence electrons. The van der Waals surface area contributed by atoms with E-state index in [9.17, 15) is 9.59 Å². The highest BCUT2D eigenvalue weighted by Crippen LogP contribution is 2.49. The number of carbonyl (C=O) groups excluding carboxylic acids is 2. The number of Topliss-reactive ketones (excluding diaryl/α,β-unsaturated/α-hetero) is 1. The molecule has 2 aliphatic heterocycles. The maximum absolute atomic E-state index is 13.0. The number of allylic oxidation sites excluding steroid dienone is 1. The van der Waals surface area contributed by atoms with Gasteiger partial charge in [-0.3, -0.25) is 9.59 Å². The Bertz CT molecular complexity index is 1260. The van der Waals surface area contributed by atoms with E-state index in [1.165, 1.54) is 0 Å². The lowest BCUT2D eigenvalue weighted by Gasteiger charge is -2.26. The van der Waals surface area contributed by atoms with Crippen LogP contribution in [0.2, 0.25) is 0 Å². The third kappa shape index (κ3) is 3.30. The van der Waals surface area contributed by atoms with Crippen LogP contribution in [0, 0.1) is 0 Å². The van der Waals surface area contributed by atoms with E-state index in [-0.39, 0.29) is 29.9 Å². The van der Waals surface area contributed by atoms with Gasteiger partial charge in [0, 0.05) is 11.5 Å². The molecule has 0 unspecified atom stereocenters. The van der Waals surface area contributed by atoms with Gasteiger partial charge in [0.1, 0.15) is 11.5 Å². The Morgan fingerprint density at radius 3 is 2.44 bits per heavy atom. The van der Waals surface area contributed by atoms with Crippen molar-refractivity contribution in [3.8, 4) is 23.0 Å². The lowest BCUT2D eigenvalue weighted by molar-refractivity contribution is -0.135. The number of esters is 1. The second-order valence-electron chi connectivity index (χ2n) is 7.55. The maximum Gasteiger partial charge on any atom is 0.312 e. The van der Waals surface area contributed by atoms with Crippen molar-refractivity contribution in [2.75, 3.05) is 14.2 Å². The highest BCUT2D eigenvalue weighted by molar-refractivity contribution is 6.15. The summed E-state index contributed by atoms with van der Waals surface area (Å²) in [5.74, 6) is 1.31. The zero-order valence-electron chi connectivity index (χ0n) is 17.6. The smallest absolute Gasteiger partial charge is 0.312 e. The zero-order valence-corrected chi connectivity index (χ0v) is 17.6. The van der Waals surface area contributed by atoms with E-state index in [4.69, 9.17) is 18.9 Å². The van der Waals surface area contributed by atoms with Crippen molar-refractivity contribution in [2.45, 2.75) is 12.3 Å². The van der Waals surface area contributed by atoms with Crippen LogP contribution < -0.4 is 18.9 Å². The molecule has 6 nitrogen and oxygen atoms in total. The zero-order chi connectivity index (χ0) is 22.2. The molecule has 0 bridgehead atoms. The van der Waals surface area contributed by atoms with Crippen LogP contribution in [0.5, 0.6) is 23.0 Å². The molecule has 3 aromatic rings. The number of hydrogen-bond donors (Lipinski definition) is 0. The molecule has 2 aliphatic rings. The van der Waals surface area contributed by atoms with E-state index >= 15 is 0 Å². The molecule has 0 aromatic heterocycles. The molecule has 32 heavy (non-hydrogen) atoms. The number of fused-ring (bicyclic) bond motifs is 3. The maximum atomic E-state index is 13.0. The van der Waals surface area contributed by atoms with E-state index in [0.29, 0.717) is 34.1 Å². The topological polar surface area (TPSA) is 71.1 Å². The third-order valence-corrected chi connectivity index (χ3v) is 5.69. The molecule has 0 radical (unpaired) electrons. The van der Waals surface area contributed by atoms with Gasteiger partial charge in [0.05, 0.1) is 26.2 Å². The SMILES string of the molecule is COc1ccc([C@@H]2CC(=O)Oc3ccc4c(c32)O/C(=C\c2ccccc2)C4=O)cc1OC. The average Bonchev–Trinajstić information content (AvgIpc) is 3.13. The minimum Gasteiger partial charge on any atom is -0.493 e. The molecule has 0 aliphatic carbocycles. The minimum atomic E-state index is -0.357. The van der Waals surface area contributed by atoms with Crippen molar-refractivity contribution in [1.82, 2.24) is 0 Å². The van der Waals surface area contributed by atoms with Gasteiger partial charge in [0.2, 0.25) is 5.78 Å². The van der Waals surface area contributed by atoms with Crippen LogP contribution in [-0.2, 0) is 4.79 Å². The molecule has 2 heterocycles. The van der Waals surface area contributed by atoms with Crippen LogP contribution in [0.1, 0.15) is 39.4 Å². The van der Waals surface area contributed by atoms with Gasteiger partial charge in [-0.2, -0.15) is 0 Å². The number of rotatable bonds is 4. The Labute approximate surface area is 185 Å². The second-order valence-corrected chi connectivity index (χ2v) is 7.55. The Hall–Kier alpha value is -4.06. The Balaban J connectivity index is 1.62. The first-order valence-corrected chi connectivity index (χ1v) is 10.2. The summed E-state index contributed by atoms with van der Waals surface area (Å²) in [5.41, 5.74) is 2.83. The van der Waals surface area contributed by atoms with Crippen molar-refractivity contribution >= 4 is 17.8 Å². The summed E-state index contributed by atoms with van der Waals surface area (Å²) in [6.45, 7) is 0. The molecular formula is C26H20O6. The van der Waals surface area contributed by atoms with Crippen LogP contribution in [0.3, 0.4) is 0 Å². The summed E-state index contributed by atoms with van der Waals surface area (Å²) in [4.78, 5) is 25.4. The quantitative estimate of drug-likeness (QED) is 0.339.